The molecule has 0 amide bonds. The maximum Gasteiger partial charge on any atom is 0.159 e. The van der Waals surface area contributed by atoms with Crippen molar-refractivity contribution in [2.45, 2.75) is 118 Å². The van der Waals surface area contributed by atoms with Gasteiger partial charge >= 0.3 is 0 Å². The van der Waals surface area contributed by atoms with Crippen molar-refractivity contribution in [3.8, 4) is 0 Å². The zero-order chi connectivity index (χ0) is 21.9. The molecule has 0 aromatic heterocycles. The first-order chi connectivity index (χ1) is 13.9. The second-order valence-corrected chi connectivity index (χ2v) is 13.3. The van der Waals surface area contributed by atoms with Crippen LogP contribution < -0.4 is 0 Å². The number of hydrogen-bond donors (Lipinski definition) is 1. The molecule has 2 heteroatoms. The van der Waals surface area contributed by atoms with Gasteiger partial charge in [-0.05, 0) is 105 Å². The standard InChI is InChI=1S/C28H46O2/c1-25(2,14-9-15-26(3,4)30)24-12-11-20-19-18-23(29)22-10-7-8-16-27(22,5)21(19)13-17-28(20,24)6/h18,20-22,24,30H,7-17H2,1-6H3. The van der Waals surface area contributed by atoms with Gasteiger partial charge in [0.15, 0.2) is 5.78 Å². The molecule has 3 fully saturated rings. The van der Waals surface area contributed by atoms with Crippen molar-refractivity contribution in [3.63, 3.8) is 0 Å². The third-order valence-electron chi connectivity index (χ3n) is 10.4. The van der Waals surface area contributed by atoms with Gasteiger partial charge in [-0.25, -0.2) is 0 Å². The highest BCUT2D eigenvalue weighted by Crippen LogP contribution is 2.68. The van der Waals surface area contributed by atoms with E-state index in [9.17, 15) is 9.90 Å². The van der Waals surface area contributed by atoms with Crippen LogP contribution in [0.5, 0.6) is 0 Å². The number of carbonyl (C=O) groups is 1. The molecular formula is C28H46O2. The van der Waals surface area contributed by atoms with Gasteiger partial charge in [-0.2, -0.15) is 0 Å². The molecule has 0 heterocycles. The van der Waals surface area contributed by atoms with Crippen molar-refractivity contribution < 1.29 is 9.90 Å². The third-order valence-corrected chi connectivity index (χ3v) is 10.4. The Morgan fingerprint density at radius 2 is 1.60 bits per heavy atom. The molecule has 2 nitrogen and oxygen atoms in total. The molecule has 170 valence electrons. The smallest absolute Gasteiger partial charge is 0.159 e. The van der Waals surface area contributed by atoms with Gasteiger partial charge < -0.3 is 5.11 Å². The largest absolute Gasteiger partial charge is 0.390 e. The fraction of sp³-hybridized carbons (Fsp3) is 0.893. The van der Waals surface area contributed by atoms with Gasteiger partial charge in [-0.3, -0.25) is 4.79 Å². The van der Waals surface area contributed by atoms with Gasteiger partial charge in [0.05, 0.1) is 5.60 Å². The number of allylic oxidation sites excluding steroid dienone is 2. The highest BCUT2D eigenvalue weighted by Gasteiger charge is 2.60. The van der Waals surface area contributed by atoms with Crippen LogP contribution in [0, 0.1) is 39.9 Å². The summed E-state index contributed by atoms with van der Waals surface area (Å²) in [5.41, 5.74) is 1.84. The van der Waals surface area contributed by atoms with E-state index in [0.29, 0.717) is 34.9 Å². The number of carbonyl (C=O) groups excluding carboxylic acids is 1. The zero-order valence-electron chi connectivity index (χ0n) is 20.5. The van der Waals surface area contributed by atoms with Crippen molar-refractivity contribution in [2.24, 2.45) is 39.9 Å². The number of rotatable bonds is 5. The van der Waals surface area contributed by atoms with Crippen molar-refractivity contribution >= 4 is 5.78 Å². The van der Waals surface area contributed by atoms with E-state index in [1.807, 2.05) is 13.8 Å². The summed E-state index contributed by atoms with van der Waals surface area (Å²) in [4.78, 5) is 13.2. The molecule has 0 bridgehead atoms. The van der Waals surface area contributed by atoms with E-state index in [1.165, 1.54) is 51.4 Å². The minimum absolute atomic E-state index is 0.223. The summed E-state index contributed by atoms with van der Waals surface area (Å²) in [6.45, 7) is 13.8. The van der Waals surface area contributed by atoms with E-state index >= 15 is 0 Å². The average Bonchev–Trinajstić information content (AvgIpc) is 2.99. The Labute approximate surface area is 185 Å². The second-order valence-electron chi connectivity index (χ2n) is 13.3. The molecule has 0 aromatic carbocycles. The highest BCUT2D eigenvalue weighted by atomic mass is 16.3. The minimum atomic E-state index is -0.560. The van der Waals surface area contributed by atoms with Crippen molar-refractivity contribution in [3.05, 3.63) is 11.6 Å². The summed E-state index contributed by atoms with van der Waals surface area (Å²) in [6.07, 6.45) is 15.4. The molecule has 0 spiro atoms. The lowest BCUT2D eigenvalue weighted by Crippen LogP contribution is -2.51. The van der Waals surface area contributed by atoms with Gasteiger partial charge in [0.1, 0.15) is 0 Å². The van der Waals surface area contributed by atoms with Crippen LogP contribution in [0.1, 0.15) is 112 Å². The third kappa shape index (κ3) is 3.63. The summed E-state index contributed by atoms with van der Waals surface area (Å²) in [6, 6.07) is 0. The summed E-state index contributed by atoms with van der Waals surface area (Å²) in [7, 11) is 0. The van der Waals surface area contributed by atoms with Crippen LogP contribution >= 0.6 is 0 Å². The summed E-state index contributed by atoms with van der Waals surface area (Å²) in [5, 5.41) is 10.2. The van der Waals surface area contributed by atoms with Gasteiger partial charge in [0.2, 0.25) is 0 Å². The molecule has 30 heavy (non-hydrogen) atoms. The average molecular weight is 415 g/mol. The lowest BCUT2D eigenvalue weighted by molar-refractivity contribution is -0.128. The Balaban J connectivity index is 1.57. The zero-order valence-corrected chi connectivity index (χ0v) is 20.5. The van der Waals surface area contributed by atoms with Crippen LogP contribution in [0.25, 0.3) is 0 Å². The van der Waals surface area contributed by atoms with Gasteiger partial charge in [0, 0.05) is 5.92 Å². The van der Waals surface area contributed by atoms with Crippen molar-refractivity contribution in [2.75, 3.05) is 0 Å². The normalized spacial score (nSPS) is 41.7. The van der Waals surface area contributed by atoms with Crippen LogP contribution in [0.3, 0.4) is 0 Å². The van der Waals surface area contributed by atoms with Gasteiger partial charge in [0.25, 0.3) is 0 Å². The monoisotopic (exact) mass is 414 g/mol. The number of fused-ring (bicyclic) bond motifs is 5. The van der Waals surface area contributed by atoms with E-state index in [0.717, 1.165) is 19.3 Å². The lowest BCUT2D eigenvalue weighted by atomic mass is 9.47. The van der Waals surface area contributed by atoms with Crippen molar-refractivity contribution in [1.82, 2.24) is 0 Å². The first-order valence-corrected chi connectivity index (χ1v) is 12.9. The van der Waals surface area contributed by atoms with E-state index in [1.54, 1.807) is 5.57 Å². The Kier molecular flexibility index (Phi) is 5.61. The van der Waals surface area contributed by atoms with Gasteiger partial charge in [-0.15, -0.1) is 0 Å². The SMILES string of the molecule is CC(C)(O)CCCC(C)(C)C1CCC2C3=CC(=O)C4CCCCC4(C)C3CCC21C. The van der Waals surface area contributed by atoms with Crippen LogP contribution in [-0.4, -0.2) is 16.5 Å². The molecular weight excluding hydrogens is 368 g/mol. The molecule has 0 aliphatic heterocycles. The Morgan fingerprint density at radius 3 is 2.30 bits per heavy atom. The number of ketones is 1. The summed E-state index contributed by atoms with van der Waals surface area (Å²) in [5.74, 6) is 2.72. The predicted molar refractivity (Wildman–Crippen MR) is 124 cm³/mol. The fourth-order valence-electron chi connectivity index (χ4n) is 8.85. The number of hydrogen-bond acceptors (Lipinski definition) is 2. The van der Waals surface area contributed by atoms with E-state index in [4.69, 9.17) is 0 Å². The first kappa shape index (κ1) is 22.6. The molecule has 0 aromatic rings. The molecule has 6 atom stereocenters. The summed E-state index contributed by atoms with van der Waals surface area (Å²) < 4.78 is 0. The first-order valence-electron chi connectivity index (χ1n) is 12.9. The van der Waals surface area contributed by atoms with Crippen LogP contribution in [0.2, 0.25) is 0 Å². The molecule has 6 unspecified atom stereocenters. The maximum absolute atomic E-state index is 13.2. The van der Waals surface area contributed by atoms with Gasteiger partial charge in [-0.1, -0.05) is 52.5 Å². The predicted octanol–water partition coefficient (Wildman–Crippen LogP) is 7.10. The van der Waals surface area contributed by atoms with E-state index in [2.05, 4.69) is 33.8 Å². The van der Waals surface area contributed by atoms with Crippen LogP contribution in [0.15, 0.2) is 11.6 Å². The quantitative estimate of drug-likeness (QED) is 0.521. The molecule has 1 N–H and O–H groups in total. The Bertz CT molecular complexity index is 711. The summed E-state index contributed by atoms with van der Waals surface area (Å²) >= 11 is 0. The molecule has 4 rings (SSSR count). The Hall–Kier alpha value is -0.630. The minimum Gasteiger partial charge on any atom is -0.390 e. The molecule has 3 saturated carbocycles. The molecule has 4 aliphatic carbocycles. The molecule has 4 aliphatic rings. The highest BCUT2D eigenvalue weighted by molar-refractivity contribution is 5.94. The topological polar surface area (TPSA) is 37.3 Å². The lowest BCUT2D eigenvalue weighted by Gasteiger charge is -2.57. The van der Waals surface area contributed by atoms with Crippen LogP contribution in [0.4, 0.5) is 0 Å². The van der Waals surface area contributed by atoms with E-state index < -0.39 is 5.60 Å². The molecule has 0 saturated heterocycles. The fourth-order valence-corrected chi connectivity index (χ4v) is 8.85. The second kappa shape index (κ2) is 7.46. The van der Waals surface area contributed by atoms with Crippen LogP contribution in [-0.2, 0) is 4.79 Å². The van der Waals surface area contributed by atoms with Crippen molar-refractivity contribution in [1.29, 1.82) is 0 Å². The van der Waals surface area contributed by atoms with E-state index in [-0.39, 0.29) is 10.8 Å². The maximum atomic E-state index is 13.2. The number of aliphatic hydroxyl groups is 1. The molecule has 0 radical (unpaired) electrons. The Morgan fingerprint density at radius 1 is 0.900 bits per heavy atom.